The molecule has 3 heterocycles. The van der Waals surface area contributed by atoms with Gasteiger partial charge in [-0.2, -0.15) is 5.10 Å². The molecule has 2 N–H and O–H groups in total. The lowest BCUT2D eigenvalue weighted by molar-refractivity contribution is -0.137. The summed E-state index contributed by atoms with van der Waals surface area (Å²) < 4.78 is 0. The molecule has 0 saturated carbocycles. The van der Waals surface area contributed by atoms with E-state index in [-0.39, 0.29) is 12.5 Å². The van der Waals surface area contributed by atoms with E-state index in [9.17, 15) is 14.4 Å². The van der Waals surface area contributed by atoms with Crippen molar-refractivity contribution in [3.63, 3.8) is 0 Å². The second-order valence-corrected chi connectivity index (χ2v) is 7.67. The van der Waals surface area contributed by atoms with Gasteiger partial charge in [-0.25, -0.2) is 9.80 Å². The van der Waals surface area contributed by atoms with Crippen molar-refractivity contribution >= 4 is 34.5 Å². The van der Waals surface area contributed by atoms with Crippen LogP contribution < -0.4 is 5.32 Å². The van der Waals surface area contributed by atoms with E-state index in [0.717, 1.165) is 32.6 Å². The van der Waals surface area contributed by atoms with Crippen LogP contribution in [-0.4, -0.2) is 57.6 Å². The second-order valence-electron chi connectivity index (χ2n) is 7.67. The Balaban J connectivity index is 1.26. The molecule has 8 heteroatoms. The van der Waals surface area contributed by atoms with Crippen LogP contribution in [0.1, 0.15) is 17.5 Å². The molecule has 1 aromatic heterocycles. The smallest absolute Gasteiger partial charge is 0.325 e. The molecule has 3 aromatic rings. The quantitative estimate of drug-likeness (QED) is 0.626. The van der Waals surface area contributed by atoms with Crippen LogP contribution in [0.5, 0.6) is 0 Å². The zero-order valence-corrected chi connectivity index (χ0v) is 16.7. The SMILES string of the molecule is O=C(CN1C(=O)N[C@H](Cc2c[nH]c3ccccc23)C1=O)N1CCC(c2ccccc2)=N1. The Bertz CT molecular complexity index is 1200. The first-order valence-corrected chi connectivity index (χ1v) is 10.2. The molecule has 5 rings (SSSR count). The lowest BCUT2D eigenvalue weighted by Gasteiger charge is -2.16. The highest BCUT2D eigenvalue weighted by Gasteiger charge is 2.40. The number of rotatable bonds is 5. The fourth-order valence-electron chi connectivity index (χ4n) is 4.07. The largest absolute Gasteiger partial charge is 0.361 e. The number of imide groups is 1. The zero-order valence-electron chi connectivity index (χ0n) is 16.7. The van der Waals surface area contributed by atoms with E-state index < -0.39 is 18.0 Å². The van der Waals surface area contributed by atoms with Crippen LogP contribution >= 0.6 is 0 Å². The summed E-state index contributed by atoms with van der Waals surface area (Å²) in [6.07, 6.45) is 2.85. The summed E-state index contributed by atoms with van der Waals surface area (Å²) in [5.74, 6) is -0.766. The van der Waals surface area contributed by atoms with E-state index in [4.69, 9.17) is 0 Å². The molecular weight excluding hydrogens is 394 g/mol. The van der Waals surface area contributed by atoms with Crippen LogP contribution in [0.25, 0.3) is 10.9 Å². The van der Waals surface area contributed by atoms with Gasteiger partial charge in [0.25, 0.3) is 11.8 Å². The minimum Gasteiger partial charge on any atom is -0.361 e. The number of nitrogens with zero attached hydrogens (tertiary/aromatic N) is 3. The summed E-state index contributed by atoms with van der Waals surface area (Å²) in [5, 5.41) is 9.45. The van der Waals surface area contributed by atoms with Crippen LogP contribution in [0, 0.1) is 0 Å². The topological polar surface area (TPSA) is 97.9 Å². The number of urea groups is 1. The molecule has 0 aliphatic carbocycles. The number of aromatic nitrogens is 1. The number of amides is 4. The second kappa shape index (κ2) is 7.71. The van der Waals surface area contributed by atoms with E-state index in [0.29, 0.717) is 19.4 Å². The molecule has 0 unspecified atom stereocenters. The van der Waals surface area contributed by atoms with Crippen molar-refractivity contribution in [3.05, 3.63) is 71.9 Å². The Hall–Kier alpha value is -3.94. The minimum absolute atomic E-state index is 0.319. The molecule has 156 valence electrons. The lowest BCUT2D eigenvalue weighted by atomic mass is 10.1. The van der Waals surface area contributed by atoms with Gasteiger partial charge in [-0.3, -0.25) is 14.5 Å². The standard InChI is InChI=1S/C23H21N5O3/c29-21(28-11-10-18(26-28)15-6-2-1-3-7-15)14-27-22(30)20(25-23(27)31)12-16-13-24-19-9-5-4-8-17(16)19/h1-9,13,20,24H,10-12,14H2,(H,25,31)/t20-/m1/s1. The minimum atomic E-state index is -0.693. The number of fused-ring (bicyclic) bond motifs is 1. The van der Waals surface area contributed by atoms with Gasteiger partial charge in [-0.1, -0.05) is 48.5 Å². The predicted octanol–water partition coefficient (Wildman–Crippen LogP) is 2.27. The third-order valence-corrected chi connectivity index (χ3v) is 5.70. The molecule has 0 spiro atoms. The van der Waals surface area contributed by atoms with Gasteiger partial charge < -0.3 is 10.3 Å². The predicted molar refractivity (Wildman–Crippen MR) is 115 cm³/mol. The number of hydrogen-bond donors (Lipinski definition) is 2. The van der Waals surface area contributed by atoms with E-state index in [1.54, 1.807) is 0 Å². The molecule has 4 amide bonds. The summed E-state index contributed by atoms with van der Waals surface area (Å²) >= 11 is 0. The summed E-state index contributed by atoms with van der Waals surface area (Å²) in [6.45, 7) is 0.117. The molecular formula is C23H21N5O3. The van der Waals surface area contributed by atoms with Crippen molar-refractivity contribution in [2.45, 2.75) is 18.9 Å². The Kier molecular flexibility index (Phi) is 4.74. The molecule has 2 aliphatic rings. The lowest BCUT2D eigenvalue weighted by Crippen LogP contribution is -2.41. The van der Waals surface area contributed by atoms with Gasteiger partial charge in [0.2, 0.25) is 0 Å². The highest BCUT2D eigenvalue weighted by Crippen LogP contribution is 2.21. The number of carbonyl (C=O) groups excluding carboxylic acids is 3. The molecule has 8 nitrogen and oxygen atoms in total. The Labute approximate surface area is 178 Å². The van der Waals surface area contributed by atoms with Crippen molar-refractivity contribution in [3.8, 4) is 0 Å². The van der Waals surface area contributed by atoms with Gasteiger partial charge in [0.1, 0.15) is 12.6 Å². The molecule has 0 bridgehead atoms. The molecule has 0 radical (unpaired) electrons. The summed E-state index contributed by atoms with van der Waals surface area (Å²) in [6, 6.07) is 16.2. The molecule has 2 aliphatic heterocycles. The van der Waals surface area contributed by atoms with Crippen molar-refractivity contribution in [1.82, 2.24) is 20.2 Å². The highest BCUT2D eigenvalue weighted by molar-refractivity contribution is 6.07. The number of nitrogens with one attached hydrogen (secondary N) is 2. The molecule has 1 fully saturated rings. The van der Waals surface area contributed by atoms with Crippen LogP contribution in [0.15, 0.2) is 65.9 Å². The Morgan fingerprint density at radius 1 is 1.06 bits per heavy atom. The average molecular weight is 415 g/mol. The fourth-order valence-corrected chi connectivity index (χ4v) is 4.07. The highest BCUT2D eigenvalue weighted by atomic mass is 16.2. The first-order valence-electron chi connectivity index (χ1n) is 10.2. The number of carbonyl (C=O) groups is 3. The monoisotopic (exact) mass is 415 g/mol. The van der Waals surface area contributed by atoms with Crippen molar-refractivity contribution in [1.29, 1.82) is 0 Å². The zero-order chi connectivity index (χ0) is 21.4. The Morgan fingerprint density at radius 3 is 2.68 bits per heavy atom. The van der Waals surface area contributed by atoms with Crippen molar-refractivity contribution < 1.29 is 14.4 Å². The number of aromatic amines is 1. The Morgan fingerprint density at radius 2 is 1.84 bits per heavy atom. The maximum absolute atomic E-state index is 12.8. The molecule has 1 atom stereocenters. The maximum Gasteiger partial charge on any atom is 0.325 e. The van der Waals surface area contributed by atoms with Gasteiger partial charge in [-0.15, -0.1) is 0 Å². The number of H-pyrrole nitrogens is 1. The van der Waals surface area contributed by atoms with Crippen LogP contribution in [0.4, 0.5) is 4.79 Å². The normalized spacial score (nSPS) is 18.6. The number of para-hydroxylation sites is 1. The van der Waals surface area contributed by atoms with E-state index in [1.807, 2.05) is 60.8 Å². The van der Waals surface area contributed by atoms with Crippen molar-refractivity contribution in [2.75, 3.05) is 13.1 Å². The first kappa shape index (κ1) is 19.0. The fraction of sp³-hybridized carbons (Fsp3) is 0.217. The van der Waals surface area contributed by atoms with Gasteiger partial charge in [0, 0.05) is 29.9 Å². The maximum atomic E-state index is 12.8. The van der Waals surface area contributed by atoms with Crippen LogP contribution in [0.2, 0.25) is 0 Å². The summed E-state index contributed by atoms with van der Waals surface area (Å²) in [7, 11) is 0. The first-order chi connectivity index (χ1) is 15.1. The van der Waals surface area contributed by atoms with Gasteiger partial charge in [0.05, 0.1) is 12.3 Å². The van der Waals surface area contributed by atoms with Gasteiger partial charge in [-0.05, 0) is 17.2 Å². The summed E-state index contributed by atoms with van der Waals surface area (Å²) in [4.78, 5) is 42.1. The third kappa shape index (κ3) is 3.56. The van der Waals surface area contributed by atoms with Crippen LogP contribution in [-0.2, 0) is 16.0 Å². The van der Waals surface area contributed by atoms with Gasteiger partial charge >= 0.3 is 6.03 Å². The van der Waals surface area contributed by atoms with Crippen LogP contribution in [0.3, 0.4) is 0 Å². The number of hydrogen-bond acceptors (Lipinski definition) is 4. The third-order valence-electron chi connectivity index (χ3n) is 5.70. The number of hydrazone groups is 1. The van der Waals surface area contributed by atoms with E-state index in [1.165, 1.54) is 5.01 Å². The van der Waals surface area contributed by atoms with Gasteiger partial charge in [0.15, 0.2) is 0 Å². The van der Waals surface area contributed by atoms with Crippen molar-refractivity contribution in [2.24, 2.45) is 5.10 Å². The average Bonchev–Trinajstić information content (AvgIpc) is 3.50. The van der Waals surface area contributed by atoms with E-state index >= 15 is 0 Å². The summed E-state index contributed by atoms with van der Waals surface area (Å²) in [5.41, 5.74) is 3.71. The number of benzene rings is 2. The molecule has 2 aromatic carbocycles. The molecule has 31 heavy (non-hydrogen) atoms. The molecule has 1 saturated heterocycles. The van der Waals surface area contributed by atoms with E-state index in [2.05, 4.69) is 15.4 Å².